The topological polar surface area (TPSA) is 221 Å². The van der Waals surface area contributed by atoms with Crippen LogP contribution in [0.15, 0.2) is 97.6 Å². The van der Waals surface area contributed by atoms with E-state index in [1.165, 1.54) is 36.4 Å². The van der Waals surface area contributed by atoms with Crippen molar-refractivity contribution in [3.8, 4) is 11.4 Å². The molecule has 0 unspecified atom stereocenters. The Kier molecular flexibility index (Phi) is 7.96. The second kappa shape index (κ2) is 11.2. The molecule has 16 heteroatoms. The normalized spacial score (nSPS) is 12.1. The fourth-order valence-electron chi connectivity index (χ4n) is 3.49. The van der Waals surface area contributed by atoms with Gasteiger partial charge in [-0.25, -0.2) is 4.68 Å². The van der Waals surface area contributed by atoms with Gasteiger partial charge in [-0.3, -0.25) is 23.8 Å². The molecule has 5 N–H and O–H groups in total. The van der Waals surface area contributed by atoms with Crippen molar-refractivity contribution in [2.75, 3.05) is 6.54 Å². The van der Waals surface area contributed by atoms with Gasteiger partial charge in [-0.05, 0) is 72.6 Å². The first-order valence-electron chi connectivity index (χ1n) is 11.3. The number of aromatic nitrogens is 2. The number of aromatic amines is 1. The number of rotatable bonds is 9. The number of H-pyrrole nitrogens is 1. The van der Waals surface area contributed by atoms with Gasteiger partial charge in [-0.15, -0.1) is 5.11 Å². The van der Waals surface area contributed by atoms with E-state index in [0.717, 1.165) is 34.5 Å². The van der Waals surface area contributed by atoms with Crippen molar-refractivity contribution in [2.24, 2.45) is 10.2 Å². The van der Waals surface area contributed by atoms with Crippen LogP contribution in [0.4, 0.5) is 11.4 Å². The first kappa shape index (κ1) is 28.4. The molecule has 0 atom stereocenters. The number of nitrogens with zero attached hydrogens (tertiary/aromatic N) is 3. The summed E-state index contributed by atoms with van der Waals surface area (Å²) < 4.78 is 64.4. The highest BCUT2D eigenvalue weighted by atomic mass is 32.2. The van der Waals surface area contributed by atoms with Crippen molar-refractivity contribution >= 4 is 37.5 Å². The number of nitrogens with one attached hydrogen (secondary N) is 2. The molecule has 3 aromatic carbocycles. The first-order valence-corrected chi connectivity index (χ1v) is 14.2. The molecule has 0 saturated heterocycles. The Morgan fingerprint density at radius 2 is 1.38 bits per heavy atom. The second-order valence-electron chi connectivity index (χ2n) is 8.29. The Balaban J connectivity index is 1.66. The van der Waals surface area contributed by atoms with Crippen molar-refractivity contribution in [3.63, 3.8) is 0 Å². The zero-order valence-corrected chi connectivity index (χ0v) is 21.9. The second-order valence-corrected chi connectivity index (χ2v) is 11.1. The van der Waals surface area contributed by atoms with E-state index in [9.17, 15) is 36.1 Å². The molecule has 208 valence electrons. The predicted molar refractivity (Wildman–Crippen MR) is 141 cm³/mol. The van der Waals surface area contributed by atoms with E-state index in [0.29, 0.717) is 6.42 Å². The lowest BCUT2D eigenvalue weighted by Gasteiger charge is -2.05. The molecule has 0 aliphatic carbocycles. The molecule has 0 radical (unpaired) electrons. The third-order valence-electron chi connectivity index (χ3n) is 5.52. The minimum absolute atomic E-state index is 0.0962. The van der Waals surface area contributed by atoms with Gasteiger partial charge >= 0.3 is 0 Å². The molecule has 0 aliphatic rings. The van der Waals surface area contributed by atoms with Crippen LogP contribution in [-0.4, -0.2) is 53.3 Å². The molecule has 4 rings (SSSR count). The lowest BCUT2D eigenvalue weighted by molar-refractivity contribution is 0.0949. The number of benzene rings is 3. The van der Waals surface area contributed by atoms with Crippen LogP contribution < -0.4 is 10.9 Å². The van der Waals surface area contributed by atoms with Crippen LogP contribution >= 0.6 is 0 Å². The van der Waals surface area contributed by atoms with Crippen LogP contribution in [-0.2, 0) is 26.7 Å². The van der Waals surface area contributed by atoms with E-state index in [4.69, 9.17) is 4.55 Å². The molecule has 1 heterocycles. The first-order chi connectivity index (χ1) is 18.8. The number of hydrogen-bond donors (Lipinski definition) is 5. The molecular formula is C24H21N5O9S2. The van der Waals surface area contributed by atoms with Gasteiger partial charge in [-0.2, -0.15) is 21.9 Å². The van der Waals surface area contributed by atoms with Gasteiger partial charge in [0.25, 0.3) is 31.7 Å². The van der Waals surface area contributed by atoms with Crippen molar-refractivity contribution in [2.45, 2.75) is 16.2 Å². The lowest BCUT2D eigenvalue weighted by atomic mass is 10.1. The maximum Gasteiger partial charge on any atom is 0.299 e. The van der Waals surface area contributed by atoms with Gasteiger partial charge in [0.1, 0.15) is 5.75 Å². The quantitative estimate of drug-likeness (QED) is 0.143. The van der Waals surface area contributed by atoms with Crippen molar-refractivity contribution < 1.29 is 35.8 Å². The highest BCUT2D eigenvalue weighted by Crippen LogP contribution is 2.22. The molecule has 0 fully saturated rings. The number of azo groups is 1. The molecule has 1 amide bonds. The summed E-state index contributed by atoms with van der Waals surface area (Å²) in [6, 6.07) is 15.6. The third-order valence-corrected chi connectivity index (χ3v) is 7.26. The molecule has 40 heavy (non-hydrogen) atoms. The van der Waals surface area contributed by atoms with Gasteiger partial charge < -0.3 is 10.4 Å². The highest BCUT2D eigenvalue weighted by molar-refractivity contribution is 7.86. The Morgan fingerprint density at radius 1 is 0.825 bits per heavy atom. The summed E-state index contributed by atoms with van der Waals surface area (Å²) in [5.41, 5.74) is -0.434. The smallest absolute Gasteiger partial charge is 0.299 e. The molecular weight excluding hydrogens is 566 g/mol. The number of phenolic OH excluding ortho intramolecular Hbond substituents is 1. The fourth-order valence-corrected chi connectivity index (χ4v) is 4.45. The number of carbonyl (C=O) groups excluding carboxylic acids is 1. The molecule has 0 bridgehead atoms. The number of hydrogen-bond acceptors (Lipinski definition) is 9. The van der Waals surface area contributed by atoms with Gasteiger partial charge in [-0.1, -0.05) is 12.1 Å². The van der Waals surface area contributed by atoms with E-state index < -0.39 is 42.3 Å². The summed E-state index contributed by atoms with van der Waals surface area (Å²) in [7, 11) is -8.91. The molecule has 14 nitrogen and oxygen atoms in total. The Hall–Kier alpha value is -4.64. The minimum Gasteiger partial charge on any atom is -0.508 e. The number of amides is 1. The Bertz CT molecular complexity index is 1840. The van der Waals surface area contributed by atoms with Crippen LogP contribution in [0.1, 0.15) is 16.1 Å². The summed E-state index contributed by atoms with van der Waals surface area (Å²) in [6.45, 7) is 0.160. The largest absolute Gasteiger partial charge is 0.508 e. The number of carbonyl (C=O) groups is 1. The molecule has 0 saturated carbocycles. The van der Waals surface area contributed by atoms with E-state index >= 15 is 0 Å². The summed E-state index contributed by atoms with van der Waals surface area (Å²) in [5, 5.41) is 22.5. The van der Waals surface area contributed by atoms with Crippen LogP contribution in [0.2, 0.25) is 0 Å². The average Bonchev–Trinajstić information content (AvgIpc) is 3.24. The number of phenols is 1. The zero-order chi connectivity index (χ0) is 29.1. The molecule has 0 spiro atoms. The van der Waals surface area contributed by atoms with Crippen LogP contribution in [0, 0.1) is 0 Å². The van der Waals surface area contributed by atoms with Crippen LogP contribution in [0.25, 0.3) is 5.69 Å². The minimum atomic E-state index is -4.48. The Morgan fingerprint density at radius 3 is 1.93 bits per heavy atom. The lowest BCUT2D eigenvalue weighted by Crippen LogP contribution is -2.26. The highest BCUT2D eigenvalue weighted by Gasteiger charge is 2.22. The zero-order valence-electron chi connectivity index (χ0n) is 20.3. The predicted octanol–water partition coefficient (Wildman–Crippen LogP) is 2.75. The SMILES string of the molecule is O=C(NCCc1ccc(O)cc1)c1[nH]n(-c2ccc(S(=O)(=O)O)cc2)c(=O)c1N=Nc1ccc(S(=O)(=O)O)cc1. The van der Waals surface area contributed by atoms with Gasteiger partial charge in [0.2, 0.25) is 0 Å². The summed E-state index contributed by atoms with van der Waals surface area (Å²) >= 11 is 0. The maximum absolute atomic E-state index is 13.2. The molecule has 0 aliphatic heterocycles. The summed E-state index contributed by atoms with van der Waals surface area (Å²) in [4.78, 5) is 25.4. The summed E-state index contributed by atoms with van der Waals surface area (Å²) in [5.74, 6) is -0.612. The third kappa shape index (κ3) is 6.67. The Labute approximate surface area is 227 Å². The van der Waals surface area contributed by atoms with E-state index in [1.807, 2.05) is 0 Å². The van der Waals surface area contributed by atoms with E-state index in [-0.39, 0.29) is 34.3 Å². The van der Waals surface area contributed by atoms with Gasteiger partial charge in [0, 0.05) is 6.54 Å². The summed E-state index contributed by atoms with van der Waals surface area (Å²) in [6.07, 6.45) is 0.408. The standard InChI is InChI=1S/C24H21N5O9S2/c30-18-7-1-15(2-8-18)13-14-25-23(31)21-22(27-26-16-3-9-19(10-4-16)39(33,34)35)24(32)29(28-21)17-5-11-20(12-6-17)40(36,37)38/h1-12,28,30H,13-14H2,(H,25,31)(H,33,34,35)(H,36,37,38). The van der Waals surface area contributed by atoms with Crippen molar-refractivity contribution in [3.05, 3.63) is 94.4 Å². The van der Waals surface area contributed by atoms with E-state index in [1.54, 1.807) is 12.1 Å². The van der Waals surface area contributed by atoms with Crippen LogP contribution in [0.5, 0.6) is 5.75 Å². The monoisotopic (exact) mass is 587 g/mol. The molecule has 1 aromatic heterocycles. The van der Waals surface area contributed by atoms with Gasteiger partial charge in [0.15, 0.2) is 11.4 Å². The van der Waals surface area contributed by atoms with Crippen molar-refractivity contribution in [1.82, 2.24) is 15.1 Å². The van der Waals surface area contributed by atoms with Gasteiger partial charge in [0.05, 0.1) is 21.2 Å². The van der Waals surface area contributed by atoms with Crippen molar-refractivity contribution in [1.29, 1.82) is 0 Å². The average molecular weight is 588 g/mol. The van der Waals surface area contributed by atoms with Crippen LogP contribution in [0.3, 0.4) is 0 Å². The van der Waals surface area contributed by atoms with E-state index in [2.05, 4.69) is 20.6 Å². The number of aromatic hydroxyl groups is 1. The molecule has 4 aromatic rings. The maximum atomic E-state index is 13.2. The fraction of sp³-hybridized carbons (Fsp3) is 0.0833.